The topological polar surface area (TPSA) is 77.8 Å². The number of amides is 3. The van der Waals surface area contributed by atoms with Crippen LogP contribution >= 0.6 is 0 Å². The van der Waals surface area contributed by atoms with E-state index in [1.807, 2.05) is 31.1 Å². The van der Waals surface area contributed by atoms with Gasteiger partial charge in [0.15, 0.2) is 0 Å². The monoisotopic (exact) mass is 322 g/mol. The van der Waals surface area contributed by atoms with Gasteiger partial charge >= 0.3 is 6.03 Å². The van der Waals surface area contributed by atoms with Crippen LogP contribution < -0.4 is 10.6 Å². The van der Waals surface area contributed by atoms with Gasteiger partial charge in [-0.15, -0.1) is 0 Å². The quantitative estimate of drug-likeness (QED) is 0.854. The lowest BCUT2D eigenvalue weighted by Crippen LogP contribution is -2.52. The maximum atomic E-state index is 12.4. The summed E-state index contributed by atoms with van der Waals surface area (Å²) in [6, 6.07) is 3.69. The van der Waals surface area contributed by atoms with Gasteiger partial charge in [0.25, 0.3) is 0 Å². The van der Waals surface area contributed by atoms with Crippen molar-refractivity contribution >= 4 is 11.9 Å². The smallest absolute Gasteiger partial charge is 0.317 e. The molecule has 7 heteroatoms. The molecule has 2 rings (SSSR count). The number of hydrogen-bond acceptors (Lipinski definition) is 4. The van der Waals surface area contributed by atoms with Crippen molar-refractivity contribution in [1.29, 1.82) is 0 Å². The third kappa shape index (κ3) is 4.99. The summed E-state index contributed by atoms with van der Waals surface area (Å²) in [7, 11) is 3.90. The number of rotatable bonds is 5. The summed E-state index contributed by atoms with van der Waals surface area (Å²) in [5, 5.41) is 5.86. The van der Waals surface area contributed by atoms with E-state index in [0.29, 0.717) is 13.1 Å². The zero-order valence-electron chi connectivity index (χ0n) is 14.0. The zero-order chi connectivity index (χ0) is 16.8. The molecular formula is C16H26N4O3. The lowest BCUT2D eigenvalue weighted by molar-refractivity contribution is -0.119. The third-order valence-corrected chi connectivity index (χ3v) is 4.06. The Kier molecular flexibility index (Phi) is 6.04. The van der Waals surface area contributed by atoms with Crippen LogP contribution in [-0.2, 0) is 4.79 Å². The molecule has 1 saturated heterocycles. The standard InChI is InChI=1S/C16H26N4O3/c1-12(21)18-13-6-4-8-20(11-13)16(22)17-10-14(19(2)3)15-7-5-9-23-15/h5,7,9,13-14H,4,6,8,10-11H2,1-3H3,(H,17,22)(H,18,21)/t13-,14-/m0/s1. The van der Waals surface area contributed by atoms with Gasteiger partial charge in [-0.25, -0.2) is 4.79 Å². The molecule has 0 spiro atoms. The number of urea groups is 1. The first kappa shape index (κ1) is 17.3. The lowest BCUT2D eigenvalue weighted by Gasteiger charge is -2.33. The Morgan fingerprint density at radius 1 is 1.48 bits per heavy atom. The molecule has 0 aromatic carbocycles. The highest BCUT2D eigenvalue weighted by Gasteiger charge is 2.25. The zero-order valence-corrected chi connectivity index (χ0v) is 14.0. The SMILES string of the molecule is CC(=O)N[C@H]1CCCN(C(=O)NC[C@@H](c2ccco2)N(C)C)C1. The minimum atomic E-state index is -0.0986. The van der Waals surface area contributed by atoms with Crippen LogP contribution in [0.4, 0.5) is 4.79 Å². The number of nitrogens with zero attached hydrogens (tertiary/aromatic N) is 2. The number of furan rings is 1. The molecule has 0 aliphatic carbocycles. The first-order valence-corrected chi connectivity index (χ1v) is 7.97. The van der Waals surface area contributed by atoms with Crippen molar-refractivity contribution in [1.82, 2.24) is 20.4 Å². The van der Waals surface area contributed by atoms with E-state index in [2.05, 4.69) is 10.6 Å². The van der Waals surface area contributed by atoms with Crippen molar-refractivity contribution in [2.75, 3.05) is 33.7 Å². The lowest BCUT2D eigenvalue weighted by atomic mass is 10.1. The van der Waals surface area contributed by atoms with E-state index in [4.69, 9.17) is 4.42 Å². The summed E-state index contributed by atoms with van der Waals surface area (Å²) in [4.78, 5) is 27.3. The second-order valence-electron chi connectivity index (χ2n) is 6.17. The van der Waals surface area contributed by atoms with Crippen LogP contribution in [0, 0.1) is 0 Å². The van der Waals surface area contributed by atoms with Gasteiger partial charge in [0, 0.05) is 32.6 Å². The second-order valence-corrected chi connectivity index (χ2v) is 6.17. The number of piperidine rings is 1. The Labute approximate surface area is 137 Å². The molecule has 2 N–H and O–H groups in total. The average molecular weight is 322 g/mol. The molecule has 0 saturated carbocycles. The number of likely N-dealkylation sites (tertiary alicyclic amines) is 1. The van der Waals surface area contributed by atoms with Gasteiger partial charge in [-0.05, 0) is 39.1 Å². The van der Waals surface area contributed by atoms with Gasteiger partial charge in [0.1, 0.15) is 5.76 Å². The van der Waals surface area contributed by atoms with Crippen LogP contribution in [0.5, 0.6) is 0 Å². The highest BCUT2D eigenvalue weighted by molar-refractivity contribution is 5.75. The first-order valence-electron chi connectivity index (χ1n) is 7.97. The molecule has 1 aromatic rings. The summed E-state index contributed by atoms with van der Waals surface area (Å²) in [6.45, 7) is 3.25. The summed E-state index contributed by atoms with van der Waals surface area (Å²) in [5.74, 6) is 0.771. The Balaban J connectivity index is 1.87. The maximum absolute atomic E-state index is 12.4. The third-order valence-electron chi connectivity index (χ3n) is 4.06. The number of carbonyl (C=O) groups excluding carboxylic acids is 2. The fraction of sp³-hybridized carbons (Fsp3) is 0.625. The number of nitrogens with one attached hydrogen (secondary N) is 2. The summed E-state index contributed by atoms with van der Waals surface area (Å²) < 4.78 is 5.44. The van der Waals surface area contributed by atoms with E-state index in [9.17, 15) is 9.59 Å². The number of carbonyl (C=O) groups is 2. The van der Waals surface area contributed by atoms with Crippen LogP contribution in [0.15, 0.2) is 22.8 Å². The molecule has 0 unspecified atom stereocenters. The molecule has 1 aliphatic heterocycles. The van der Waals surface area contributed by atoms with Crippen LogP contribution in [0.2, 0.25) is 0 Å². The Morgan fingerprint density at radius 2 is 2.26 bits per heavy atom. The molecule has 23 heavy (non-hydrogen) atoms. The molecule has 0 radical (unpaired) electrons. The average Bonchev–Trinajstić information content (AvgIpc) is 3.00. The van der Waals surface area contributed by atoms with Crippen molar-refractivity contribution in [2.24, 2.45) is 0 Å². The molecule has 128 valence electrons. The van der Waals surface area contributed by atoms with Gasteiger partial charge in [-0.2, -0.15) is 0 Å². The highest BCUT2D eigenvalue weighted by atomic mass is 16.3. The molecule has 1 aromatic heterocycles. The van der Waals surface area contributed by atoms with Gasteiger partial charge in [0.2, 0.25) is 5.91 Å². The molecule has 0 bridgehead atoms. The predicted octanol–water partition coefficient (Wildman–Crippen LogP) is 1.19. The molecule has 3 amide bonds. The molecule has 7 nitrogen and oxygen atoms in total. The number of hydrogen-bond donors (Lipinski definition) is 2. The van der Waals surface area contributed by atoms with Crippen molar-refractivity contribution in [2.45, 2.75) is 31.8 Å². The predicted molar refractivity (Wildman–Crippen MR) is 86.9 cm³/mol. The molecule has 2 heterocycles. The van der Waals surface area contributed by atoms with Gasteiger partial charge < -0.3 is 20.0 Å². The first-order chi connectivity index (χ1) is 11.0. The minimum Gasteiger partial charge on any atom is -0.468 e. The number of likely N-dealkylation sites (N-methyl/N-ethyl adjacent to an activating group) is 1. The van der Waals surface area contributed by atoms with Crippen molar-refractivity contribution in [3.05, 3.63) is 24.2 Å². The molecular weight excluding hydrogens is 296 g/mol. The fourth-order valence-corrected chi connectivity index (χ4v) is 2.88. The van der Waals surface area contributed by atoms with Gasteiger partial charge in [-0.3, -0.25) is 9.69 Å². The maximum Gasteiger partial charge on any atom is 0.317 e. The van der Waals surface area contributed by atoms with Crippen molar-refractivity contribution < 1.29 is 14.0 Å². The van der Waals surface area contributed by atoms with Crippen LogP contribution in [-0.4, -0.2) is 61.5 Å². The van der Waals surface area contributed by atoms with Gasteiger partial charge in [-0.1, -0.05) is 0 Å². The Morgan fingerprint density at radius 3 is 2.87 bits per heavy atom. The van der Waals surface area contributed by atoms with Crippen LogP contribution in [0.1, 0.15) is 31.6 Å². The van der Waals surface area contributed by atoms with Crippen LogP contribution in [0.3, 0.4) is 0 Å². The molecule has 2 atom stereocenters. The van der Waals surface area contributed by atoms with E-state index in [1.165, 1.54) is 6.92 Å². The summed E-state index contributed by atoms with van der Waals surface area (Å²) in [6.07, 6.45) is 3.44. The normalized spacial score (nSPS) is 19.5. The van der Waals surface area contributed by atoms with E-state index < -0.39 is 0 Å². The molecule has 1 fully saturated rings. The fourth-order valence-electron chi connectivity index (χ4n) is 2.88. The highest BCUT2D eigenvalue weighted by Crippen LogP contribution is 2.18. The summed E-state index contributed by atoms with van der Waals surface area (Å²) in [5.41, 5.74) is 0. The van der Waals surface area contributed by atoms with E-state index in [1.54, 1.807) is 11.2 Å². The second kappa shape index (κ2) is 8.01. The van der Waals surface area contributed by atoms with Crippen LogP contribution in [0.25, 0.3) is 0 Å². The van der Waals surface area contributed by atoms with E-state index in [-0.39, 0.29) is 24.0 Å². The Bertz CT molecular complexity index is 515. The van der Waals surface area contributed by atoms with E-state index >= 15 is 0 Å². The van der Waals surface area contributed by atoms with E-state index in [0.717, 1.165) is 25.1 Å². The van der Waals surface area contributed by atoms with Crippen molar-refractivity contribution in [3.63, 3.8) is 0 Å². The minimum absolute atomic E-state index is 0.00937. The summed E-state index contributed by atoms with van der Waals surface area (Å²) >= 11 is 0. The largest absolute Gasteiger partial charge is 0.468 e. The Hall–Kier alpha value is -2.02. The molecule has 1 aliphatic rings. The van der Waals surface area contributed by atoms with Crippen molar-refractivity contribution in [3.8, 4) is 0 Å². The van der Waals surface area contributed by atoms with Gasteiger partial charge in [0.05, 0.1) is 12.3 Å².